The first kappa shape index (κ1) is 19.2. The molecular formula is C13H19ClF2N2O3S. The zero-order chi connectivity index (χ0) is 15.5. The first-order chi connectivity index (χ1) is 9.96. The lowest BCUT2D eigenvalue weighted by molar-refractivity contribution is 0.0590. The van der Waals surface area contributed by atoms with Gasteiger partial charge in [-0.05, 0) is 25.0 Å². The van der Waals surface area contributed by atoms with Crippen LogP contribution in [0, 0.1) is 11.6 Å². The summed E-state index contributed by atoms with van der Waals surface area (Å²) in [6.45, 7) is 1.11. The lowest BCUT2D eigenvalue weighted by atomic mass is 10.1. The lowest BCUT2D eigenvalue weighted by Crippen LogP contribution is -2.45. The Kier molecular flexibility index (Phi) is 7.14. The highest BCUT2D eigenvalue weighted by Crippen LogP contribution is 2.25. The Labute approximate surface area is 134 Å². The van der Waals surface area contributed by atoms with Gasteiger partial charge >= 0.3 is 0 Å². The molecule has 1 aliphatic heterocycles. The van der Waals surface area contributed by atoms with Crippen molar-refractivity contribution in [2.75, 3.05) is 26.3 Å². The van der Waals surface area contributed by atoms with E-state index in [9.17, 15) is 17.2 Å². The summed E-state index contributed by atoms with van der Waals surface area (Å²) in [5, 5.41) is 0. The highest BCUT2D eigenvalue weighted by Gasteiger charge is 2.33. The average Bonchev–Trinajstić information content (AvgIpc) is 2.45. The molecule has 0 unspecified atom stereocenters. The van der Waals surface area contributed by atoms with E-state index in [1.165, 1.54) is 4.31 Å². The van der Waals surface area contributed by atoms with Gasteiger partial charge in [-0.1, -0.05) is 0 Å². The number of sulfonamides is 1. The maximum absolute atomic E-state index is 13.8. The van der Waals surface area contributed by atoms with Crippen molar-refractivity contribution in [3.8, 4) is 0 Å². The second kappa shape index (κ2) is 8.16. The number of ether oxygens (including phenoxy) is 1. The molecule has 1 aromatic rings. The smallest absolute Gasteiger partial charge is 0.246 e. The summed E-state index contributed by atoms with van der Waals surface area (Å²) in [6, 6.07) is 2.16. The van der Waals surface area contributed by atoms with Gasteiger partial charge in [0.25, 0.3) is 0 Å². The van der Waals surface area contributed by atoms with Crippen molar-refractivity contribution >= 4 is 22.4 Å². The van der Waals surface area contributed by atoms with Crippen LogP contribution in [-0.4, -0.2) is 45.1 Å². The van der Waals surface area contributed by atoms with Crippen LogP contribution in [-0.2, 0) is 14.8 Å². The monoisotopic (exact) mass is 356 g/mol. The van der Waals surface area contributed by atoms with Gasteiger partial charge in [0.15, 0.2) is 0 Å². The lowest BCUT2D eigenvalue weighted by Gasteiger charge is -2.33. The Balaban J connectivity index is 0.00000242. The molecule has 22 heavy (non-hydrogen) atoms. The van der Waals surface area contributed by atoms with E-state index in [-0.39, 0.29) is 31.5 Å². The zero-order valence-corrected chi connectivity index (χ0v) is 13.5. The van der Waals surface area contributed by atoms with E-state index >= 15 is 0 Å². The summed E-state index contributed by atoms with van der Waals surface area (Å²) in [6.07, 6.45) is 1.06. The molecular weight excluding hydrogens is 338 g/mol. The molecule has 1 fully saturated rings. The number of hydrogen-bond acceptors (Lipinski definition) is 4. The molecule has 0 aromatic heterocycles. The van der Waals surface area contributed by atoms with Crippen LogP contribution in [0.1, 0.15) is 12.8 Å². The number of halogens is 3. The second-order valence-electron chi connectivity index (χ2n) is 4.82. The van der Waals surface area contributed by atoms with Crippen LogP contribution in [0.25, 0.3) is 0 Å². The largest absolute Gasteiger partial charge is 0.381 e. The van der Waals surface area contributed by atoms with E-state index in [0.717, 1.165) is 12.1 Å². The first-order valence-electron chi connectivity index (χ1n) is 6.71. The topological polar surface area (TPSA) is 72.6 Å². The molecule has 0 saturated carbocycles. The molecule has 0 spiro atoms. The van der Waals surface area contributed by atoms with Gasteiger partial charge in [0.1, 0.15) is 16.5 Å². The van der Waals surface area contributed by atoms with Crippen LogP contribution in [0.3, 0.4) is 0 Å². The molecule has 2 N–H and O–H groups in total. The molecule has 0 aliphatic carbocycles. The normalized spacial score (nSPS) is 16.5. The molecule has 1 saturated heterocycles. The molecule has 126 valence electrons. The van der Waals surface area contributed by atoms with Gasteiger partial charge in [0.2, 0.25) is 10.0 Å². The average molecular weight is 357 g/mol. The Morgan fingerprint density at radius 2 is 1.91 bits per heavy atom. The van der Waals surface area contributed by atoms with Crippen molar-refractivity contribution < 1.29 is 21.9 Å². The van der Waals surface area contributed by atoms with Crippen molar-refractivity contribution in [3.05, 3.63) is 29.8 Å². The van der Waals surface area contributed by atoms with Gasteiger partial charge in [0, 0.05) is 38.4 Å². The van der Waals surface area contributed by atoms with Gasteiger partial charge in [-0.3, -0.25) is 0 Å². The maximum atomic E-state index is 13.8. The summed E-state index contributed by atoms with van der Waals surface area (Å²) in [7, 11) is -4.05. The molecule has 1 aliphatic rings. The third-order valence-electron chi connectivity index (χ3n) is 3.43. The minimum absolute atomic E-state index is 0. The van der Waals surface area contributed by atoms with Gasteiger partial charge in [-0.2, -0.15) is 4.31 Å². The Bertz CT molecular complexity index is 595. The van der Waals surface area contributed by atoms with Crippen LogP contribution in [0.5, 0.6) is 0 Å². The zero-order valence-electron chi connectivity index (χ0n) is 11.9. The third-order valence-corrected chi connectivity index (χ3v) is 5.41. The van der Waals surface area contributed by atoms with Crippen LogP contribution < -0.4 is 5.73 Å². The summed E-state index contributed by atoms with van der Waals surface area (Å²) in [5.74, 6) is -1.91. The Hall–Kier alpha value is -0.800. The summed E-state index contributed by atoms with van der Waals surface area (Å²) < 4.78 is 58.4. The molecule has 0 amide bonds. The minimum Gasteiger partial charge on any atom is -0.381 e. The Morgan fingerprint density at radius 3 is 2.45 bits per heavy atom. The highest BCUT2D eigenvalue weighted by atomic mass is 35.5. The number of benzene rings is 1. The molecule has 5 nitrogen and oxygen atoms in total. The summed E-state index contributed by atoms with van der Waals surface area (Å²) in [5.41, 5.74) is 5.48. The fourth-order valence-corrected chi connectivity index (χ4v) is 4.16. The van der Waals surface area contributed by atoms with E-state index in [0.29, 0.717) is 32.1 Å². The second-order valence-corrected chi connectivity index (χ2v) is 6.68. The van der Waals surface area contributed by atoms with Gasteiger partial charge < -0.3 is 10.5 Å². The number of nitrogens with two attached hydrogens (primary N) is 1. The number of nitrogens with zero attached hydrogens (tertiary/aromatic N) is 1. The quantitative estimate of drug-likeness (QED) is 0.868. The highest BCUT2D eigenvalue weighted by molar-refractivity contribution is 7.89. The van der Waals surface area contributed by atoms with Gasteiger partial charge in [-0.15, -0.1) is 12.4 Å². The van der Waals surface area contributed by atoms with Crippen LogP contribution in [0.15, 0.2) is 23.1 Å². The van der Waals surface area contributed by atoms with E-state index in [1.807, 2.05) is 0 Å². The predicted molar refractivity (Wildman–Crippen MR) is 80.4 cm³/mol. The van der Waals surface area contributed by atoms with Crippen LogP contribution in [0.2, 0.25) is 0 Å². The standard InChI is InChI=1S/C13H18F2N2O3S.ClH/c14-10-1-2-13(12(15)9-10)21(18,19)17(6-5-16)11-3-7-20-8-4-11;/h1-2,9,11H,3-8,16H2;1H. The molecule has 2 rings (SSSR count). The van der Waals surface area contributed by atoms with Crippen LogP contribution >= 0.6 is 12.4 Å². The van der Waals surface area contributed by atoms with Gasteiger partial charge in [0.05, 0.1) is 0 Å². The maximum Gasteiger partial charge on any atom is 0.246 e. The number of hydrogen-bond donors (Lipinski definition) is 1. The van der Waals surface area contributed by atoms with Crippen molar-refractivity contribution in [3.63, 3.8) is 0 Å². The van der Waals surface area contributed by atoms with E-state index < -0.39 is 26.6 Å². The molecule has 1 heterocycles. The third kappa shape index (κ3) is 4.14. The van der Waals surface area contributed by atoms with E-state index in [4.69, 9.17) is 10.5 Å². The van der Waals surface area contributed by atoms with Crippen molar-refractivity contribution in [2.45, 2.75) is 23.8 Å². The Morgan fingerprint density at radius 1 is 1.27 bits per heavy atom. The SMILES string of the molecule is Cl.NCCN(C1CCOCC1)S(=O)(=O)c1ccc(F)cc1F. The first-order valence-corrected chi connectivity index (χ1v) is 8.15. The fourth-order valence-electron chi connectivity index (χ4n) is 2.41. The fraction of sp³-hybridized carbons (Fsp3) is 0.538. The van der Waals surface area contributed by atoms with Crippen molar-refractivity contribution in [1.82, 2.24) is 4.31 Å². The minimum atomic E-state index is -4.05. The number of rotatable bonds is 5. The van der Waals surface area contributed by atoms with Crippen molar-refractivity contribution in [1.29, 1.82) is 0 Å². The van der Waals surface area contributed by atoms with E-state index in [2.05, 4.69) is 0 Å². The van der Waals surface area contributed by atoms with E-state index in [1.54, 1.807) is 0 Å². The summed E-state index contributed by atoms with van der Waals surface area (Å²) in [4.78, 5) is -0.524. The van der Waals surface area contributed by atoms with Crippen molar-refractivity contribution in [2.24, 2.45) is 5.73 Å². The molecule has 1 aromatic carbocycles. The molecule has 0 atom stereocenters. The van der Waals surface area contributed by atoms with Crippen LogP contribution in [0.4, 0.5) is 8.78 Å². The molecule has 9 heteroatoms. The molecule has 0 bridgehead atoms. The van der Waals surface area contributed by atoms with Gasteiger partial charge in [-0.25, -0.2) is 17.2 Å². The molecule has 0 radical (unpaired) electrons. The summed E-state index contributed by atoms with van der Waals surface area (Å²) >= 11 is 0. The predicted octanol–water partition coefficient (Wildman–Crippen LogP) is 1.51.